The van der Waals surface area contributed by atoms with Crippen molar-refractivity contribution < 1.29 is 0 Å². The maximum atomic E-state index is 8.63. The highest BCUT2D eigenvalue weighted by Crippen LogP contribution is 2.21. The van der Waals surface area contributed by atoms with Gasteiger partial charge in [-0.25, -0.2) is 9.98 Å². The molecule has 0 radical (unpaired) electrons. The standard InChI is InChI=1S/C15H17N5S/c1-11(2)14-17-8-9-20(14)13-6-4-12(5-7-13)19-15(21-3)18-10-16/h4-9,11H,1-3H3,(H,18,19). The van der Waals surface area contributed by atoms with Gasteiger partial charge in [-0.1, -0.05) is 25.6 Å². The number of nitrogens with one attached hydrogen (secondary N) is 1. The Balaban J connectivity index is 2.27. The van der Waals surface area contributed by atoms with Gasteiger partial charge in [0, 0.05) is 24.0 Å². The largest absolute Gasteiger partial charge is 0.304 e. The molecule has 5 nitrogen and oxygen atoms in total. The highest BCUT2D eigenvalue weighted by atomic mass is 32.2. The summed E-state index contributed by atoms with van der Waals surface area (Å²) in [5.41, 5.74) is 1.85. The Hall–Kier alpha value is -2.26. The third kappa shape index (κ3) is 3.64. The number of rotatable bonds is 3. The van der Waals surface area contributed by atoms with Crippen LogP contribution in [0.3, 0.4) is 0 Å². The van der Waals surface area contributed by atoms with Gasteiger partial charge < -0.3 is 4.57 Å². The smallest absolute Gasteiger partial charge is 0.183 e. The van der Waals surface area contributed by atoms with E-state index in [1.54, 1.807) is 0 Å². The second-order valence-electron chi connectivity index (χ2n) is 4.68. The predicted octanol–water partition coefficient (Wildman–Crippen LogP) is 3.42. The van der Waals surface area contributed by atoms with Crippen LogP contribution < -0.4 is 5.32 Å². The molecule has 0 spiro atoms. The van der Waals surface area contributed by atoms with E-state index >= 15 is 0 Å². The number of nitrogens with zero attached hydrogens (tertiary/aromatic N) is 4. The van der Waals surface area contributed by atoms with Crippen LogP contribution in [0.5, 0.6) is 0 Å². The molecule has 0 atom stereocenters. The van der Waals surface area contributed by atoms with Crippen LogP contribution in [0, 0.1) is 11.5 Å². The summed E-state index contributed by atoms with van der Waals surface area (Å²) in [7, 11) is 0. The van der Waals surface area contributed by atoms with Gasteiger partial charge in [-0.05, 0) is 30.5 Å². The van der Waals surface area contributed by atoms with E-state index in [4.69, 9.17) is 5.26 Å². The van der Waals surface area contributed by atoms with Crippen LogP contribution >= 0.6 is 11.8 Å². The molecule has 0 saturated heterocycles. The number of aliphatic imine (C=N–C) groups is 1. The molecular weight excluding hydrogens is 282 g/mol. The van der Waals surface area contributed by atoms with Gasteiger partial charge in [-0.15, -0.1) is 0 Å². The Morgan fingerprint density at radius 1 is 1.38 bits per heavy atom. The van der Waals surface area contributed by atoms with E-state index in [-0.39, 0.29) is 0 Å². The molecule has 2 rings (SSSR count). The van der Waals surface area contributed by atoms with Crippen molar-refractivity contribution in [1.82, 2.24) is 14.9 Å². The minimum atomic E-state index is 0.362. The topological polar surface area (TPSA) is 66.0 Å². The van der Waals surface area contributed by atoms with Gasteiger partial charge in [-0.3, -0.25) is 5.32 Å². The summed E-state index contributed by atoms with van der Waals surface area (Å²) in [6, 6.07) is 7.84. The van der Waals surface area contributed by atoms with Crippen LogP contribution in [0.1, 0.15) is 25.6 Å². The number of thioether (sulfide) groups is 1. The van der Waals surface area contributed by atoms with Gasteiger partial charge in [0.25, 0.3) is 0 Å². The second-order valence-corrected chi connectivity index (χ2v) is 5.48. The van der Waals surface area contributed by atoms with Crippen LogP contribution in [0.2, 0.25) is 0 Å². The Kier molecular flexibility index (Phi) is 5.01. The molecule has 0 aliphatic carbocycles. The van der Waals surface area contributed by atoms with Gasteiger partial charge in [0.05, 0.1) is 5.69 Å². The molecule has 6 heteroatoms. The summed E-state index contributed by atoms with van der Waals surface area (Å²) in [4.78, 5) is 8.75. The number of nitriles is 1. The van der Waals surface area contributed by atoms with E-state index in [0.29, 0.717) is 11.1 Å². The third-order valence-electron chi connectivity index (χ3n) is 2.90. The maximum Gasteiger partial charge on any atom is 0.183 e. The van der Waals surface area contributed by atoms with Crippen molar-refractivity contribution in [1.29, 1.82) is 5.26 Å². The first-order chi connectivity index (χ1) is 10.2. The monoisotopic (exact) mass is 299 g/mol. The first-order valence-corrected chi connectivity index (χ1v) is 7.79. The highest BCUT2D eigenvalue weighted by molar-refractivity contribution is 8.13. The lowest BCUT2D eigenvalue weighted by atomic mass is 10.2. The van der Waals surface area contributed by atoms with Crippen molar-refractivity contribution >= 4 is 22.6 Å². The van der Waals surface area contributed by atoms with Gasteiger partial charge >= 0.3 is 0 Å². The Morgan fingerprint density at radius 2 is 2.10 bits per heavy atom. The van der Waals surface area contributed by atoms with Crippen LogP contribution in [0.4, 0.5) is 5.69 Å². The van der Waals surface area contributed by atoms with E-state index in [9.17, 15) is 0 Å². The van der Waals surface area contributed by atoms with Crippen molar-refractivity contribution in [2.45, 2.75) is 19.8 Å². The van der Waals surface area contributed by atoms with Crippen LogP contribution in [0.25, 0.3) is 5.69 Å². The van der Waals surface area contributed by atoms with Crippen molar-refractivity contribution in [3.63, 3.8) is 0 Å². The molecule has 21 heavy (non-hydrogen) atoms. The first-order valence-electron chi connectivity index (χ1n) is 6.57. The molecule has 0 unspecified atom stereocenters. The number of aromatic nitrogens is 2. The molecule has 1 aromatic carbocycles. The van der Waals surface area contributed by atoms with E-state index in [1.807, 2.05) is 49.1 Å². The lowest BCUT2D eigenvalue weighted by Crippen LogP contribution is -2.12. The molecule has 0 aliphatic rings. The molecule has 0 saturated carbocycles. The van der Waals surface area contributed by atoms with E-state index in [1.165, 1.54) is 11.8 Å². The third-order valence-corrected chi connectivity index (χ3v) is 3.48. The normalized spacial score (nSPS) is 11.5. The minimum Gasteiger partial charge on any atom is -0.304 e. The summed E-state index contributed by atoms with van der Waals surface area (Å²) in [6.07, 6.45) is 7.52. The van der Waals surface area contributed by atoms with Gasteiger partial charge in [0.1, 0.15) is 5.82 Å². The van der Waals surface area contributed by atoms with E-state index < -0.39 is 0 Å². The van der Waals surface area contributed by atoms with Crippen molar-refractivity contribution in [3.05, 3.63) is 42.5 Å². The number of imidazole rings is 1. The van der Waals surface area contributed by atoms with Crippen molar-refractivity contribution in [2.24, 2.45) is 4.99 Å². The van der Waals surface area contributed by atoms with Gasteiger partial charge in [0.15, 0.2) is 11.4 Å². The summed E-state index contributed by atoms with van der Waals surface area (Å²) < 4.78 is 2.07. The van der Waals surface area contributed by atoms with E-state index in [2.05, 4.69) is 33.7 Å². The molecule has 2 aromatic rings. The lowest BCUT2D eigenvalue weighted by Gasteiger charge is -2.10. The summed E-state index contributed by atoms with van der Waals surface area (Å²) in [6.45, 7) is 4.24. The predicted molar refractivity (Wildman–Crippen MR) is 87.0 cm³/mol. The highest BCUT2D eigenvalue weighted by Gasteiger charge is 2.08. The summed E-state index contributed by atoms with van der Waals surface area (Å²) in [5, 5.41) is 11.8. The molecule has 1 heterocycles. The zero-order valence-electron chi connectivity index (χ0n) is 12.2. The Labute approximate surface area is 128 Å². The van der Waals surface area contributed by atoms with Gasteiger partial charge in [0.2, 0.25) is 0 Å². The average Bonchev–Trinajstić information content (AvgIpc) is 2.97. The summed E-state index contributed by atoms with van der Waals surface area (Å²) in [5.74, 6) is 1.39. The zero-order valence-corrected chi connectivity index (χ0v) is 13.1. The fourth-order valence-corrected chi connectivity index (χ4v) is 2.28. The molecule has 0 bridgehead atoms. The molecule has 0 fully saturated rings. The number of amidine groups is 1. The van der Waals surface area contributed by atoms with Crippen LogP contribution in [0.15, 0.2) is 41.7 Å². The fourth-order valence-electron chi connectivity index (χ4n) is 1.94. The molecular formula is C15H17N5S. The number of benzene rings is 1. The molecule has 0 amide bonds. The summed E-state index contributed by atoms with van der Waals surface area (Å²) >= 11 is 1.40. The van der Waals surface area contributed by atoms with Crippen LogP contribution in [-0.4, -0.2) is 21.0 Å². The minimum absolute atomic E-state index is 0.362. The lowest BCUT2D eigenvalue weighted by molar-refractivity contribution is 0.752. The number of hydrogen-bond acceptors (Lipinski definition) is 4. The van der Waals surface area contributed by atoms with E-state index in [0.717, 1.165) is 17.2 Å². The second kappa shape index (κ2) is 6.95. The number of hydrogen-bond donors (Lipinski definition) is 1. The quantitative estimate of drug-likeness (QED) is 0.408. The van der Waals surface area contributed by atoms with Crippen molar-refractivity contribution in [2.75, 3.05) is 6.26 Å². The average molecular weight is 299 g/mol. The van der Waals surface area contributed by atoms with Crippen molar-refractivity contribution in [3.8, 4) is 11.9 Å². The first kappa shape index (κ1) is 15.1. The Bertz CT molecular complexity index is 664. The Morgan fingerprint density at radius 3 is 2.67 bits per heavy atom. The molecule has 108 valence electrons. The maximum absolute atomic E-state index is 8.63. The fraction of sp³-hybridized carbons (Fsp3) is 0.267. The molecule has 0 aliphatic heterocycles. The van der Waals surface area contributed by atoms with Gasteiger partial charge in [-0.2, -0.15) is 5.26 Å². The molecule has 1 N–H and O–H groups in total. The SMILES string of the molecule is CSC(=Nc1ccc(-n2ccnc2C(C)C)cc1)NC#N. The van der Waals surface area contributed by atoms with Crippen LogP contribution in [-0.2, 0) is 0 Å². The zero-order chi connectivity index (χ0) is 15.2. The molecule has 1 aromatic heterocycles.